The molecule has 4 rings (SSSR count). The van der Waals surface area contributed by atoms with Crippen LogP contribution in [-0.4, -0.2) is 0 Å². The Morgan fingerprint density at radius 3 is 1.06 bits per heavy atom. The first kappa shape index (κ1) is 24.6. The number of hydrogen-bond donors (Lipinski definition) is 0. The van der Waals surface area contributed by atoms with E-state index in [1.54, 1.807) is 0 Å². The zero-order chi connectivity index (χ0) is 24.2. The summed E-state index contributed by atoms with van der Waals surface area (Å²) >= 11 is -0.842. The zero-order valence-corrected chi connectivity index (χ0v) is 20.9. The number of hydrogen-bond acceptors (Lipinski definition) is 0. The Kier molecular flexibility index (Phi) is 6.68. The van der Waals surface area contributed by atoms with E-state index in [1.807, 2.05) is 0 Å². The third kappa shape index (κ3) is 3.47. The van der Waals surface area contributed by atoms with Crippen molar-refractivity contribution in [2.45, 2.75) is 12.8 Å². The molecule has 0 nitrogen and oxygen atoms in total. The molecule has 0 N–H and O–H groups in total. The SMILES string of the molecule is Fc1c(F)[c]([Ti]([C]2=CC=CC2)([C]2=CC=CC2)[c]2c(F)c(F)c(Br)c(F)c2F)c(F)c(F)c1Br. The van der Waals surface area contributed by atoms with Crippen LogP contribution in [-0.2, 0) is 16.6 Å². The monoisotopic (exact) mass is 632 g/mol. The van der Waals surface area contributed by atoms with Gasteiger partial charge in [0.05, 0.1) is 0 Å². The zero-order valence-electron chi connectivity index (χ0n) is 16.2. The second kappa shape index (κ2) is 8.94. The minimum absolute atomic E-state index is 0.0443. The van der Waals surface area contributed by atoms with Crippen molar-refractivity contribution in [3.8, 4) is 0 Å². The molecule has 0 saturated carbocycles. The van der Waals surface area contributed by atoms with Crippen molar-refractivity contribution in [2.75, 3.05) is 0 Å². The molecule has 0 aliphatic heterocycles. The van der Waals surface area contributed by atoms with Crippen LogP contribution in [0.3, 0.4) is 0 Å². The molecule has 33 heavy (non-hydrogen) atoms. The summed E-state index contributed by atoms with van der Waals surface area (Å²) in [4.78, 5) is 0. The maximum atomic E-state index is 15.4. The summed E-state index contributed by atoms with van der Waals surface area (Å²) in [5.74, 6) is -14.8. The molecule has 2 aromatic rings. The van der Waals surface area contributed by atoms with Crippen molar-refractivity contribution >= 4 is 39.6 Å². The Labute approximate surface area is 203 Å². The van der Waals surface area contributed by atoms with E-state index in [9.17, 15) is 17.6 Å². The van der Waals surface area contributed by atoms with Crippen molar-refractivity contribution < 1.29 is 51.7 Å². The van der Waals surface area contributed by atoms with Crippen molar-refractivity contribution in [1.29, 1.82) is 0 Å². The summed E-state index contributed by atoms with van der Waals surface area (Å²) in [6.07, 6.45) is 8.31. The summed E-state index contributed by atoms with van der Waals surface area (Å²) in [5, 5.41) is 0. The summed E-state index contributed by atoms with van der Waals surface area (Å²) < 4.78 is 116. The van der Waals surface area contributed by atoms with E-state index in [2.05, 4.69) is 31.9 Å². The third-order valence-electron chi connectivity index (χ3n) is 5.68. The Balaban J connectivity index is 2.31. The Morgan fingerprint density at radius 2 is 0.818 bits per heavy atom. The molecule has 11 heteroatoms. The molecule has 172 valence electrons. The topological polar surface area (TPSA) is 0 Å². The van der Waals surface area contributed by atoms with E-state index < -0.39 is 79.8 Å². The molecule has 0 fully saturated rings. The predicted octanol–water partition coefficient (Wildman–Crippen LogP) is 7.12. The van der Waals surface area contributed by atoms with Crippen LogP contribution in [0.25, 0.3) is 0 Å². The Hall–Kier alpha value is -1.49. The first-order valence-electron chi connectivity index (χ1n) is 9.32. The standard InChI is InChI=1S/2C6BrF4.2C5H5.Ti/c2*7-4-5(10)2(8)1-3(9)6(4)11;2*1-2-4-5-3-1;/h;;2*1-3H,4H2;. The molecule has 0 heterocycles. The van der Waals surface area contributed by atoms with Crippen LogP contribution < -0.4 is 7.74 Å². The van der Waals surface area contributed by atoms with Crippen molar-refractivity contribution in [1.82, 2.24) is 0 Å². The summed E-state index contributed by atoms with van der Waals surface area (Å²) in [6, 6.07) is 0. The van der Waals surface area contributed by atoms with Crippen molar-refractivity contribution in [2.24, 2.45) is 0 Å². The second-order valence-corrected chi connectivity index (χ2v) is 14.8. The van der Waals surface area contributed by atoms with E-state index in [-0.39, 0.29) is 20.6 Å². The molecule has 0 radical (unpaired) electrons. The van der Waals surface area contributed by atoms with Gasteiger partial charge in [0.15, 0.2) is 0 Å². The van der Waals surface area contributed by atoms with E-state index in [4.69, 9.17) is 0 Å². The molecular formula is C22H10Br2F8Ti. The van der Waals surface area contributed by atoms with E-state index in [0.717, 1.165) is 0 Å². The van der Waals surface area contributed by atoms with Crippen LogP contribution in [0.15, 0.2) is 53.2 Å². The fourth-order valence-corrected chi connectivity index (χ4v) is 13.2. The molecule has 0 saturated heterocycles. The van der Waals surface area contributed by atoms with E-state index in [0.29, 0.717) is 0 Å². The van der Waals surface area contributed by atoms with Crippen molar-refractivity contribution in [3.63, 3.8) is 0 Å². The molecule has 0 amide bonds. The molecule has 0 atom stereocenters. The number of benzene rings is 2. The molecule has 0 unspecified atom stereocenters. The van der Waals surface area contributed by atoms with Crippen LogP contribution in [0.5, 0.6) is 0 Å². The maximum absolute atomic E-state index is 15.4. The van der Waals surface area contributed by atoms with E-state index in [1.165, 1.54) is 36.5 Å². The van der Waals surface area contributed by atoms with Gasteiger partial charge in [-0.05, 0) is 0 Å². The number of rotatable bonds is 4. The molecule has 0 bridgehead atoms. The van der Waals surface area contributed by atoms with Gasteiger partial charge < -0.3 is 0 Å². The normalized spacial score (nSPS) is 15.5. The van der Waals surface area contributed by atoms with Crippen LogP contribution in [0.1, 0.15) is 12.8 Å². The molecule has 2 aromatic carbocycles. The third-order valence-corrected chi connectivity index (χ3v) is 14.9. The molecular weight excluding hydrogens is 624 g/mol. The number of allylic oxidation sites excluding steroid dienone is 8. The Morgan fingerprint density at radius 1 is 0.515 bits per heavy atom. The number of halogens is 10. The summed E-state index contributed by atoms with van der Waals surface area (Å²) in [6.45, 7) is 0. The van der Waals surface area contributed by atoms with Gasteiger partial charge in [0.1, 0.15) is 0 Å². The minimum atomic E-state index is -5.70. The first-order chi connectivity index (χ1) is 15.6. The van der Waals surface area contributed by atoms with Crippen LogP contribution in [0.2, 0.25) is 0 Å². The molecule has 2 aliphatic carbocycles. The van der Waals surface area contributed by atoms with Gasteiger partial charge in [-0.1, -0.05) is 0 Å². The molecule has 0 spiro atoms. The molecule has 0 aromatic heterocycles. The van der Waals surface area contributed by atoms with Gasteiger partial charge in [0.25, 0.3) is 0 Å². The van der Waals surface area contributed by atoms with Gasteiger partial charge in [-0.15, -0.1) is 0 Å². The van der Waals surface area contributed by atoms with Gasteiger partial charge in [0.2, 0.25) is 0 Å². The van der Waals surface area contributed by atoms with Crippen LogP contribution in [0.4, 0.5) is 35.1 Å². The Bertz CT molecular complexity index is 1170. The first-order valence-corrected chi connectivity index (χ1v) is 14.0. The predicted molar refractivity (Wildman–Crippen MR) is 111 cm³/mol. The fraction of sp³-hybridized carbons (Fsp3) is 0.0909. The second-order valence-electron chi connectivity index (χ2n) is 7.29. The fourth-order valence-electron chi connectivity index (χ4n) is 4.29. The van der Waals surface area contributed by atoms with Crippen LogP contribution >= 0.6 is 31.9 Å². The van der Waals surface area contributed by atoms with Gasteiger partial charge in [0, 0.05) is 0 Å². The average Bonchev–Trinajstić information content (AvgIpc) is 3.53. The van der Waals surface area contributed by atoms with Gasteiger partial charge in [-0.25, -0.2) is 0 Å². The van der Waals surface area contributed by atoms with Gasteiger partial charge in [-0.3, -0.25) is 0 Å². The quantitative estimate of drug-likeness (QED) is 0.146. The average molecular weight is 634 g/mol. The summed E-state index contributed by atoms with van der Waals surface area (Å²) in [7, 11) is 0. The van der Waals surface area contributed by atoms with Gasteiger partial charge >= 0.3 is 204 Å². The summed E-state index contributed by atoms with van der Waals surface area (Å²) in [5.41, 5.74) is 0. The van der Waals surface area contributed by atoms with Gasteiger partial charge in [-0.2, -0.15) is 0 Å². The van der Waals surface area contributed by atoms with Crippen LogP contribution in [0, 0.1) is 46.5 Å². The van der Waals surface area contributed by atoms with Crippen molar-refractivity contribution in [3.05, 3.63) is 99.7 Å². The molecule has 2 aliphatic rings. The van der Waals surface area contributed by atoms with E-state index >= 15 is 17.6 Å².